The summed E-state index contributed by atoms with van der Waals surface area (Å²) in [5.74, 6) is -4.38. The van der Waals surface area contributed by atoms with Crippen LogP contribution >= 0.6 is 0 Å². The highest BCUT2D eigenvalue weighted by Crippen LogP contribution is 2.44. The van der Waals surface area contributed by atoms with Crippen molar-refractivity contribution in [3.8, 4) is 6.07 Å². The van der Waals surface area contributed by atoms with E-state index in [9.17, 15) is 22.8 Å². The molecule has 0 fully saturated rings. The van der Waals surface area contributed by atoms with E-state index in [2.05, 4.69) is 0 Å². The highest BCUT2D eigenvalue weighted by atomic mass is 19.4. The van der Waals surface area contributed by atoms with Gasteiger partial charge in [0.15, 0.2) is 0 Å². The number of nitriles is 1. The van der Waals surface area contributed by atoms with Crippen LogP contribution in [0.15, 0.2) is 59.8 Å². The molecule has 10 heteroatoms. The van der Waals surface area contributed by atoms with Crippen LogP contribution in [0.5, 0.6) is 0 Å². The van der Waals surface area contributed by atoms with Gasteiger partial charge in [-0.05, 0) is 49.7 Å². The van der Waals surface area contributed by atoms with Gasteiger partial charge in [-0.15, -0.1) is 0 Å². The predicted molar refractivity (Wildman–Crippen MR) is 120 cm³/mol. The minimum atomic E-state index is -4.64. The summed E-state index contributed by atoms with van der Waals surface area (Å²) in [4.78, 5) is 27.2. The zero-order chi connectivity index (χ0) is 25.9. The maximum Gasteiger partial charge on any atom is 0.416 e. The van der Waals surface area contributed by atoms with Gasteiger partial charge < -0.3 is 14.4 Å². The highest BCUT2D eigenvalue weighted by Gasteiger charge is 2.47. The normalized spacial score (nSPS) is 18.2. The van der Waals surface area contributed by atoms with Gasteiger partial charge in [0.05, 0.1) is 36.5 Å². The summed E-state index contributed by atoms with van der Waals surface area (Å²) < 4.78 is 50.3. The number of ether oxygens (including phenoxy) is 2. The van der Waals surface area contributed by atoms with Gasteiger partial charge in [-0.2, -0.15) is 18.4 Å². The number of allylic oxidation sites excluding steroid dienone is 1. The van der Waals surface area contributed by atoms with E-state index in [1.54, 1.807) is 19.1 Å². The topological polar surface area (TPSA) is 103 Å². The molecule has 1 heterocycles. The zero-order valence-corrected chi connectivity index (χ0v) is 19.1. The molecule has 2 aromatic rings. The predicted octanol–water partition coefficient (Wildman–Crippen LogP) is 4.78. The Labute approximate surface area is 199 Å². The molecule has 3 rings (SSSR count). The summed E-state index contributed by atoms with van der Waals surface area (Å²) in [6, 6.07) is 12.4. The molecule has 0 amide bonds. The molecule has 0 aromatic heterocycles. The summed E-state index contributed by atoms with van der Waals surface area (Å²) in [5.41, 5.74) is -0.0818. The summed E-state index contributed by atoms with van der Waals surface area (Å²) in [5, 5.41) is 18.0. The molecule has 2 atom stereocenters. The Balaban J connectivity index is 2.30. The van der Waals surface area contributed by atoms with Crippen molar-refractivity contribution in [3.63, 3.8) is 0 Å². The number of nitrogens with zero attached hydrogens (tertiary/aromatic N) is 2. The average molecular weight is 485 g/mol. The summed E-state index contributed by atoms with van der Waals surface area (Å²) in [6.07, 6.45) is -4.64. The van der Waals surface area contributed by atoms with Crippen LogP contribution in [-0.4, -0.2) is 31.5 Å². The number of benzene rings is 2. The second-order valence-corrected chi connectivity index (χ2v) is 7.70. The molecule has 0 aliphatic carbocycles. The lowest BCUT2D eigenvalue weighted by atomic mass is 9.75. The summed E-state index contributed by atoms with van der Waals surface area (Å²) in [6.45, 7) is 3.04. The lowest BCUT2D eigenvalue weighted by Gasteiger charge is -2.40. The Morgan fingerprint density at radius 1 is 1.17 bits per heavy atom. The second-order valence-electron chi connectivity index (χ2n) is 7.70. The Morgan fingerprint density at radius 3 is 2.37 bits per heavy atom. The van der Waals surface area contributed by atoms with Crippen molar-refractivity contribution < 1.29 is 32.2 Å². The fraction of sp³-hybridized carbons (Fsp3) is 0.280. The van der Waals surface area contributed by atoms with E-state index in [0.717, 1.165) is 24.1 Å². The Bertz CT molecular complexity index is 1230. The van der Waals surface area contributed by atoms with Crippen LogP contribution in [0.1, 0.15) is 36.5 Å². The van der Waals surface area contributed by atoms with Crippen molar-refractivity contribution in [2.75, 3.05) is 18.6 Å². The number of carbonyl (C=O) groups is 2. The third-order valence-electron chi connectivity index (χ3n) is 5.68. The molecule has 1 aliphatic heterocycles. The van der Waals surface area contributed by atoms with Crippen LogP contribution < -0.4 is 4.90 Å². The lowest BCUT2D eigenvalue weighted by molar-refractivity contribution is -0.146. The van der Waals surface area contributed by atoms with Gasteiger partial charge in [-0.25, -0.2) is 4.79 Å². The molecule has 2 aromatic carbocycles. The smallest absolute Gasteiger partial charge is 0.416 e. The van der Waals surface area contributed by atoms with E-state index in [0.29, 0.717) is 11.1 Å². The minimum Gasteiger partial charge on any atom is -0.466 e. The molecule has 7 nitrogen and oxygen atoms in total. The van der Waals surface area contributed by atoms with Gasteiger partial charge >= 0.3 is 18.1 Å². The number of esters is 2. The fourth-order valence-electron chi connectivity index (χ4n) is 4.13. The molecule has 0 bridgehead atoms. The summed E-state index contributed by atoms with van der Waals surface area (Å²) >= 11 is 0. The van der Waals surface area contributed by atoms with Gasteiger partial charge in [0.2, 0.25) is 0 Å². The van der Waals surface area contributed by atoms with Crippen molar-refractivity contribution in [3.05, 3.63) is 76.5 Å². The van der Waals surface area contributed by atoms with Gasteiger partial charge in [0.25, 0.3) is 0 Å². The number of rotatable bonds is 5. The second kappa shape index (κ2) is 10.0. The van der Waals surface area contributed by atoms with Crippen molar-refractivity contribution in [1.82, 2.24) is 0 Å². The van der Waals surface area contributed by atoms with Gasteiger partial charge in [-0.3, -0.25) is 10.2 Å². The first kappa shape index (κ1) is 25.5. The molecule has 0 saturated carbocycles. The van der Waals surface area contributed by atoms with Gasteiger partial charge in [0, 0.05) is 17.3 Å². The van der Waals surface area contributed by atoms with Crippen molar-refractivity contribution in [2.24, 2.45) is 5.92 Å². The Hall–Kier alpha value is -4.13. The van der Waals surface area contributed by atoms with Crippen LogP contribution in [0, 0.1) is 22.7 Å². The average Bonchev–Trinajstić information content (AvgIpc) is 2.83. The molecule has 182 valence electrons. The molecule has 1 N–H and O–H groups in total. The van der Waals surface area contributed by atoms with E-state index < -0.39 is 35.5 Å². The highest BCUT2D eigenvalue weighted by molar-refractivity contribution is 6.14. The standard InChI is InChI=1S/C25H22F3N3O4/c1-4-35-24(33)21-20(16-10-8-15(13-29)9-11-16)19(23(32)34-3)14(2)31(22(21)30)18-7-5-6-17(12-18)25(26,27)28/h5-12,20-21,30H,4H2,1-3H3. The largest absolute Gasteiger partial charge is 0.466 e. The van der Waals surface area contributed by atoms with Crippen molar-refractivity contribution >= 4 is 23.5 Å². The third kappa shape index (κ3) is 4.89. The van der Waals surface area contributed by atoms with Crippen LogP contribution in [0.25, 0.3) is 0 Å². The van der Waals surface area contributed by atoms with E-state index in [1.807, 2.05) is 6.07 Å². The SMILES string of the molecule is CCOC(=O)C1C(=N)N(c2cccc(C(F)(F)F)c2)C(C)=C(C(=O)OC)C1c1ccc(C#N)cc1. The number of methoxy groups -OCH3 is 1. The molecular formula is C25H22F3N3O4. The first-order valence-electron chi connectivity index (χ1n) is 10.6. The Kier molecular flexibility index (Phi) is 7.29. The third-order valence-corrected chi connectivity index (χ3v) is 5.68. The van der Waals surface area contributed by atoms with E-state index in [1.165, 1.54) is 31.2 Å². The van der Waals surface area contributed by atoms with Crippen molar-refractivity contribution in [1.29, 1.82) is 10.7 Å². The maximum atomic E-state index is 13.4. The van der Waals surface area contributed by atoms with Crippen molar-refractivity contribution in [2.45, 2.75) is 25.9 Å². The molecule has 0 saturated heterocycles. The number of anilines is 1. The van der Waals surface area contributed by atoms with Gasteiger partial charge in [-0.1, -0.05) is 18.2 Å². The number of hydrogen-bond acceptors (Lipinski definition) is 6. The molecule has 0 spiro atoms. The van der Waals surface area contributed by atoms with Gasteiger partial charge in [0.1, 0.15) is 11.8 Å². The van der Waals surface area contributed by atoms with E-state index in [-0.39, 0.29) is 29.4 Å². The molecule has 0 radical (unpaired) electrons. The quantitative estimate of drug-likeness (QED) is 0.611. The minimum absolute atomic E-state index is 0.0105. The summed E-state index contributed by atoms with van der Waals surface area (Å²) in [7, 11) is 1.15. The van der Waals surface area contributed by atoms with E-state index >= 15 is 0 Å². The lowest BCUT2D eigenvalue weighted by Crippen LogP contribution is -2.48. The van der Waals surface area contributed by atoms with Crippen LogP contribution in [0.3, 0.4) is 0 Å². The molecule has 2 unspecified atom stereocenters. The number of nitrogens with one attached hydrogen (secondary N) is 1. The number of alkyl halides is 3. The number of halogens is 3. The number of carbonyl (C=O) groups excluding carboxylic acids is 2. The molecule has 35 heavy (non-hydrogen) atoms. The monoisotopic (exact) mass is 485 g/mol. The van der Waals surface area contributed by atoms with Crippen LogP contribution in [0.4, 0.5) is 18.9 Å². The molecule has 1 aliphatic rings. The first-order chi connectivity index (χ1) is 16.5. The first-order valence-corrected chi connectivity index (χ1v) is 10.6. The number of hydrogen-bond donors (Lipinski definition) is 1. The van der Waals surface area contributed by atoms with Crippen LogP contribution in [-0.2, 0) is 25.2 Å². The molecular weight excluding hydrogens is 463 g/mol. The van der Waals surface area contributed by atoms with Crippen LogP contribution in [0.2, 0.25) is 0 Å². The Morgan fingerprint density at radius 2 is 1.83 bits per heavy atom. The van der Waals surface area contributed by atoms with E-state index in [4.69, 9.17) is 20.1 Å². The fourth-order valence-corrected chi connectivity index (χ4v) is 4.13. The number of amidine groups is 1. The maximum absolute atomic E-state index is 13.4. The zero-order valence-electron chi connectivity index (χ0n) is 19.1.